The van der Waals surface area contributed by atoms with Crippen LogP contribution in [0.4, 0.5) is 27.2 Å². The number of rotatable bonds is 48. The molecule has 8 aromatic rings. The molecule has 0 bridgehead atoms. The molecule has 0 radical (unpaired) electrons. The molecule has 0 aliphatic carbocycles. The molecule has 664 valence electrons. The third-order valence-corrected chi connectivity index (χ3v) is 20.5. The zero-order valence-corrected chi connectivity index (χ0v) is 70.7. The number of anilines is 3. The van der Waals surface area contributed by atoms with Gasteiger partial charge in [0.15, 0.2) is 5.82 Å². The Bertz CT molecular complexity index is 5020. The first-order valence-corrected chi connectivity index (χ1v) is 40.9. The first-order chi connectivity index (χ1) is 59.2. The number of aryl methyl sites for hydroxylation is 4. The highest BCUT2D eigenvalue weighted by molar-refractivity contribution is 6.06. The van der Waals surface area contributed by atoms with Crippen LogP contribution in [-0.4, -0.2) is 259 Å². The van der Waals surface area contributed by atoms with Crippen molar-refractivity contribution < 1.29 is 85.9 Å². The van der Waals surface area contributed by atoms with E-state index in [0.29, 0.717) is 146 Å². The van der Waals surface area contributed by atoms with Crippen LogP contribution in [0.5, 0.6) is 11.5 Å². The number of allylic oxidation sites excluding steroid dienone is 2. The smallest absolute Gasteiger partial charge is 0.410 e. The fraction of sp³-hybridized carbons (Fsp3) is 0.506. The van der Waals surface area contributed by atoms with E-state index in [4.69, 9.17) is 66.2 Å². The summed E-state index contributed by atoms with van der Waals surface area (Å²) in [6.45, 7) is 17.8. The third kappa shape index (κ3) is 25.8. The van der Waals surface area contributed by atoms with Crippen LogP contribution in [0.2, 0.25) is 0 Å². The number of nitrogens with zero attached hydrogens (tertiary/aromatic N) is 14. The van der Waals surface area contributed by atoms with Crippen LogP contribution in [0.25, 0.3) is 22.1 Å². The van der Waals surface area contributed by atoms with E-state index in [2.05, 4.69) is 66.6 Å². The van der Waals surface area contributed by atoms with Crippen molar-refractivity contribution in [2.45, 2.75) is 144 Å². The number of nitrogens with one attached hydrogen (secondary N) is 6. The quantitative estimate of drug-likeness (QED) is 0.0148. The largest absolute Gasteiger partial charge is 0.494 e. The van der Waals surface area contributed by atoms with Gasteiger partial charge >= 0.3 is 12.1 Å². The minimum atomic E-state index is -1.09. The van der Waals surface area contributed by atoms with Crippen molar-refractivity contribution >= 4 is 99.0 Å². The fourth-order valence-electron chi connectivity index (χ4n) is 14.2. The molecule has 2 aliphatic rings. The van der Waals surface area contributed by atoms with Crippen molar-refractivity contribution in [2.24, 2.45) is 29.0 Å². The number of hydrogen-bond donors (Lipinski definition) is 10. The highest BCUT2D eigenvalue weighted by Gasteiger charge is 2.34. The standard InChI is InChI=1S/C81H112N24O18/c1-9-104-61(41-51(5)96-104)75(111)92-79-89-59-43-55(71(82)108)45-63(116-8)69(59)102(79)25-11-12-26-103-70-60(90-80(103)93-76(112)62-42-52(6)97-105(62)10-2)44-56(72(83)109)46-64(70)121-31-14-24-99-27-20-54(21-28-99)73-95-94-65-47-100(29-30-101(65)73)67(107)48-98(7)81(115)122-49-53-16-18-57(19-17-53)87-74(110)58(15-13-23-86-78(84)114)88-77(113)68(50(3)4)91-66(106)22-32-117-33-34-118-35-36-119-37-38-120-39-40-123-85/h11-12,16-19,41-46,50,54,58,68H,9-10,13-15,20-40,47-49,85H2,1-8H3,(H2,82,108)(H2,83,109)(H,87,110)(H,88,113)(H,91,106)(H3,84,86,114)(H,89,92,111)(H,90,93,112)/b12-11+/t58-,68-/m0/s1. The number of piperidine rings is 1. The van der Waals surface area contributed by atoms with Crippen molar-refractivity contribution in [2.75, 3.05) is 135 Å². The molecule has 0 saturated carbocycles. The van der Waals surface area contributed by atoms with Crippen molar-refractivity contribution in [1.29, 1.82) is 0 Å². The monoisotopic (exact) mass is 1710 g/mol. The summed E-state index contributed by atoms with van der Waals surface area (Å²) < 4.78 is 48.4. The van der Waals surface area contributed by atoms with Gasteiger partial charge in [-0.15, -0.1) is 10.2 Å². The molecular weight excluding hydrogens is 1600 g/mol. The molecule has 123 heavy (non-hydrogen) atoms. The van der Waals surface area contributed by atoms with E-state index >= 15 is 0 Å². The van der Waals surface area contributed by atoms with Gasteiger partial charge in [0.2, 0.25) is 47.3 Å². The Hall–Kier alpha value is -12.5. The lowest BCUT2D eigenvalue weighted by Gasteiger charge is -2.33. The Labute approximate surface area is 709 Å². The van der Waals surface area contributed by atoms with Gasteiger partial charge in [0.05, 0.1) is 102 Å². The van der Waals surface area contributed by atoms with Crippen molar-refractivity contribution in [3.8, 4) is 11.5 Å². The Morgan fingerprint density at radius 1 is 0.642 bits per heavy atom. The number of likely N-dealkylation sites (N-methyl/N-ethyl adjacent to an activating group) is 1. The summed E-state index contributed by atoms with van der Waals surface area (Å²) >= 11 is 0. The lowest BCUT2D eigenvalue weighted by molar-refractivity contribution is -0.133. The Morgan fingerprint density at radius 2 is 1.20 bits per heavy atom. The summed E-state index contributed by atoms with van der Waals surface area (Å²) in [6, 6.07) is 13.1. The zero-order chi connectivity index (χ0) is 88.2. The first kappa shape index (κ1) is 92.8. The molecule has 0 spiro atoms. The Morgan fingerprint density at radius 3 is 1.75 bits per heavy atom. The molecule has 11 amide bonds. The summed E-state index contributed by atoms with van der Waals surface area (Å²) in [5.74, 6) is 2.76. The Balaban J connectivity index is 0.690. The Kier molecular flexibility index (Phi) is 34.3. The fourth-order valence-corrected chi connectivity index (χ4v) is 14.2. The molecule has 10 rings (SSSR count). The van der Waals surface area contributed by atoms with Gasteiger partial charge in [0, 0.05) is 88.6 Å². The van der Waals surface area contributed by atoms with Crippen molar-refractivity contribution in [1.82, 2.24) is 84.1 Å². The summed E-state index contributed by atoms with van der Waals surface area (Å²) in [5, 5.41) is 34.8. The average Bonchev–Trinajstić information content (AvgIpc) is 1.64. The number of urea groups is 1. The normalized spacial score (nSPS) is 13.6. The van der Waals surface area contributed by atoms with E-state index in [9.17, 15) is 47.9 Å². The topological polar surface area (TPSA) is 533 Å². The molecule has 2 atom stereocenters. The molecule has 2 aliphatic heterocycles. The number of amides is 11. The van der Waals surface area contributed by atoms with Crippen molar-refractivity contribution in [3.05, 3.63) is 124 Å². The molecule has 5 aromatic heterocycles. The van der Waals surface area contributed by atoms with E-state index in [1.807, 2.05) is 26.0 Å². The van der Waals surface area contributed by atoms with Gasteiger partial charge in [-0.05, 0) is 133 Å². The maximum absolute atomic E-state index is 14.2. The second kappa shape index (κ2) is 45.4. The molecule has 42 nitrogen and oxygen atoms in total. The second-order valence-corrected chi connectivity index (χ2v) is 29.8. The molecule has 1 fully saturated rings. The summed E-state index contributed by atoms with van der Waals surface area (Å²) in [6.07, 6.45) is 5.44. The lowest BCUT2D eigenvalue weighted by atomic mass is 9.95. The van der Waals surface area contributed by atoms with Gasteiger partial charge in [-0.25, -0.2) is 25.5 Å². The zero-order valence-electron chi connectivity index (χ0n) is 70.7. The molecule has 42 heteroatoms. The number of primary amides is 3. The molecular formula is C81H112N24O18. The van der Waals surface area contributed by atoms with Gasteiger partial charge in [-0.2, -0.15) is 10.2 Å². The first-order valence-electron chi connectivity index (χ1n) is 40.9. The number of fused-ring (bicyclic) bond motifs is 3. The SMILES string of the molecule is CCn1nc(C)cc1C(=O)Nc1nc2cc(C(N)=O)cc(OC)c2n1C/C=C/Cn1c(NC(=O)c2cc(C)nn2CC)nc2cc(C(N)=O)cc(OCCCN3CCC(c4nnc5n4CCN(C(=O)CN(C)C(=O)OCc4ccc(NC(=O)[C@H](CCCNC(N)=O)NC(=O)[C@@H](NC(=O)CCOCCOCCOCCOCCON)C(C)C)cc4)C5)CC3)c21. The number of aromatic nitrogens is 11. The number of ether oxygens (including phenoxy) is 7. The summed E-state index contributed by atoms with van der Waals surface area (Å²) in [4.78, 5) is 152. The second-order valence-electron chi connectivity index (χ2n) is 29.8. The minimum absolute atomic E-state index is 0.0368. The van der Waals surface area contributed by atoms with Gasteiger partial charge < -0.3 is 105 Å². The van der Waals surface area contributed by atoms with E-state index in [0.717, 1.165) is 31.8 Å². The number of hydrogen-bond acceptors (Lipinski definition) is 26. The highest BCUT2D eigenvalue weighted by Crippen LogP contribution is 2.35. The van der Waals surface area contributed by atoms with Crippen molar-refractivity contribution in [3.63, 3.8) is 0 Å². The number of likely N-dealkylation sites (tertiary alicyclic amines) is 1. The van der Waals surface area contributed by atoms with Gasteiger partial charge in [0.1, 0.15) is 65.0 Å². The predicted octanol–water partition coefficient (Wildman–Crippen LogP) is 3.61. The highest BCUT2D eigenvalue weighted by atomic mass is 16.6. The van der Waals surface area contributed by atoms with Crippen LogP contribution >= 0.6 is 0 Å². The predicted molar refractivity (Wildman–Crippen MR) is 449 cm³/mol. The van der Waals surface area contributed by atoms with Crippen LogP contribution in [0.15, 0.2) is 72.8 Å². The van der Waals surface area contributed by atoms with Gasteiger partial charge in [-0.3, -0.25) is 58.4 Å². The van der Waals surface area contributed by atoms with Crippen LogP contribution in [-0.2, 0) is 93.6 Å². The average molecular weight is 1710 g/mol. The van der Waals surface area contributed by atoms with E-state index in [-0.39, 0.29) is 132 Å². The summed E-state index contributed by atoms with van der Waals surface area (Å²) in [7, 11) is 2.92. The van der Waals surface area contributed by atoms with Crippen LogP contribution in [0.3, 0.4) is 0 Å². The molecule has 7 heterocycles. The summed E-state index contributed by atoms with van der Waals surface area (Å²) in [5.41, 5.74) is 21.6. The van der Waals surface area contributed by atoms with E-state index in [1.165, 1.54) is 31.2 Å². The number of imidazole rings is 2. The lowest BCUT2D eigenvalue weighted by Crippen LogP contribution is -2.54. The maximum Gasteiger partial charge on any atom is 0.410 e. The number of carbonyl (C=O) groups is 10. The number of methoxy groups -OCH3 is 1. The van der Waals surface area contributed by atoms with E-state index < -0.39 is 65.6 Å². The number of carbonyl (C=O) groups excluding carboxylic acids is 10. The number of benzene rings is 3. The maximum atomic E-state index is 14.2. The van der Waals surface area contributed by atoms with Gasteiger partial charge in [0.25, 0.3) is 11.8 Å². The van der Waals surface area contributed by atoms with Gasteiger partial charge in [-0.1, -0.05) is 38.1 Å². The molecule has 14 N–H and O–H groups in total. The van der Waals surface area contributed by atoms with Crippen LogP contribution < -0.4 is 64.5 Å². The molecule has 1 saturated heterocycles. The molecule has 0 unspecified atom stereocenters. The van der Waals surface area contributed by atoms with Crippen LogP contribution in [0, 0.1) is 19.8 Å². The number of nitrogens with two attached hydrogens (primary N) is 4. The molecule has 3 aromatic carbocycles. The minimum Gasteiger partial charge on any atom is -0.494 e. The van der Waals surface area contributed by atoms with Crippen LogP contribution in [0.1, 0.15) is 142 Å². The third-order valence-electron chi connectivity index (χ3n) is 20.5. The van der Waals surface area contributed by atoms with E-state index in [1.54, 1.807) is 99.6 Å².